The molecule has 1 aromatic heterocycles. The van der Waals surface area contributed by atoms with Crippen LogP contribution in [0.2, 0.25) is 0 Å². The lowest BCUT2D eigenvalue weighted by atomic mass is 10.2. The zero-order valence-corrected chi connectivity index (χ0v) is 17.2. The van der Waals surface area contributed by atoms with E-state index in [1.807, 2.05) is 52.0 Å². The topological polar surface area (TPSA) is 79.3 Å². The minimum atomic E-state index is -0.413. The van der Waals surface area contributed by atoms with Crippen molar-refractivity contribution < 1.29 is 9.59 Å². The third-order valence-electron chi connectivity index (χ3n) is 4.17. The van der Waals surface area contributed by atoms with Crippen LogP contribution in [0.1, 0.15) is 36.3 Å². The van der Waals surface area contributed by atoms with E-state index in [1.54, 1.807) is 11.7 Å². The Morgan fingerprint density at radius 2 is 1.81 bits per heavy atom. The molecule has 0 spiro atoms. The molecule has 1 atom stereocenters. The van der Waals surface area contributed by atoms with Gasteiger partial charge in [0.15, 0.2) is 0 Å². The number of hydrogen-bond donors (Lipinski definition) is 2. The lowest BCUT2D eigenvalue weighted by molar-refractivity contribution is -0.122. The van der Waals surface area contributed by atoms with E-state index in [0.29, 0.717) is 0 Å². The van der Waals surface area contributed by atoms with Gasteiger partial charge in [0, 0.05) is 12.7 Å². The summed E-state index contributed by atoms with van der Waals surface area (Å²) in [7, 11) is 1.64. The number of carbonyl (C=O) groups is 2. The maximum absolute atomic E-state index is 12.2. The number of hydrazine groups is 1. The maximum Gasteiger partial charge on any atom is 0.340 e. The van der Waals surface area contributed by atoms with Crippen molar-refractivity contribution in [3.63, 3.8) is 0 Å². The second kappa shape index (κ2) is 8.35. The minimum Gasteiger partial charge on any atom is -0.296 e. The Kier molecular flexibility index (Phi) is 6.42. The number of rotatable bonds is 4. The summed E-state index contributed by atoms with van der Waals surface area (Å²) in [5.74, 6) is -0.285. The molecule has 7 nitrogen and oxygen atoms in total. The summed E-state index contributed by atoms with van der Waals surface area (Å²) < 4.78 is 2.75. The first kappa shape index (κ1) is 20.0. The van der Waals surface area contributed by atoms with Gasteiger partial charge in [0.2, 0.25) is 5.91 Å². The van der Waals surface area contributed by atoms with Gasteiger partial charge in [-0.25, -0.2) is 10.2 Å². The van der Waals surface area contributed by atoms with E-state index in [9.17, 15) is 9.59 Å². The number of aryl methyl sites for hydroxylation is 2. The van der Waals surface area contributed by atoms with Crippen molar-refractivity contribution in [2.75, 3.05) is 11.9 Å². The number of nitrogens with zero attached hydrogens (tertiary/aromatic N) is 3. The highest BCUT2D eigenvalue weighted by Crippen LogP contribution is 2.23. The van der Waals surface area contributed by atoms with Crippen molar-refractivity contribution >= 4 is 33.6 Å². The molecule has 0 bridgehead atoms. The number of carbonyl (C=O) groups excluding carboxylic acids is 2. The van der Waals surface area contributed by atoms with E-state index in [-0.39, 0.29) is 18.4 Å². The Balaban J connectivity index is 1.88. The van der Waals surface area contributed by atoms with Crippen LogP contribution in [-0.2, 0) is 4.79 Å². The number of urea groups is 1. The highest BCUT2D eigenvalue weighted by atomic mass is 79.9. The fourth-order valence-electron chi connectivity index (χ4n) is 2.57. The Hall–Kier alpha value is -2.35. The molecule has 26 heavy (non-hydrogen) atoms. The maximum atomic E-state index is 12.2. The van der Waals surface area contributed by atoms with Gasteiger partial charge in [-0.05, 0) is 55.8 Å². The van der Waals surface area contributed by atoms with Gasteiger partial charge >= 0.3 is 6.03 Å². The van der Waals surface area contributed by atoms with Crippen molar-refractivity contribution in [3.05, 3.63) is 45.7 Å². The molecule has 0 aliphatic rings. The molecule has 1 heterocycles. The van der Waals surface area contributed by atoms with Crippen molar-refractivity contribution in [1.82, 2.24) is 20.6 Å². The average Bonchev–Trinajstić information content (AvgIpc) is 2.87. The zero-order valence-electron chi connectivity index (χ0n) is 15.6. The lowest BCUT2D eigenvalue weighted by Gasteiger charge is -2.19. The molecule has 1 aromatic carbocycles. The summed E-state index contributed by atoms with van der Waals surface area (Å²) in [5.41, 5.74) is 8.58. The Labute approximate surface area is 161 Å². The summed E-state index contributed by atoms with van der Waals surface area (Å²) in [6.07, 6.45) is 0.197. The van der Waals surface area contributed by atoms with Crippen LogP contribution >= 0.6 is 15.9 Å². The smallest absolute Gasteiger partial charge is 0.296 e. The summed E-state index contributed by atoms with van der Waals surface area (Å²) in [4.78, 5) is 25.7. The summed E-state index contributed by atoms with van der Waals surface area (Å²) >= 11 is 3.48. The van der Waals surface area contributed by atoms with Crippen LogP contribution in [0.15, 0.2) is 28.7 Å². The molecule has 0 saturated carbocycles. The first-order valence-corrected chi connectivity index (χ1v) is 9.10. The van der Waals surface area contributed by atoms with Crippen LogP contribution in [0.3, 0.4) is 0 Å². The number of nitrogens with one attached hydrogen (secondary N) is 2. The Morgan fingerprint density at radius 3 is 2.35 bits per heavy atom. The second-order valence-electron chi connectivity index (χ2n) is 6.36. The quantitative estimate of drug-likeness (QED) is 0.742. The largest absolute Gasteiger partial charge is 0.340 e. The first-order chi connectivity index (χ1) is 12.2. The van der Waals surface area contributed by atoms with Gasteiger partial charge in [-0.1, -0.05) is 17.7 Å². The van der Waals surface area contributed by atoms with E-state index >= 15 is 0 Å². The number of halogens is 1. The van der Waals surface area contributed by atoms with Crippen molar-refractivity contribution in [2.45, 2.75) is 40.2 Å². The van der Waals surface area contributed by atoms with Crippen LogP contribution in [-0.4, -0.2) is 28.8 Å². The highest BCUT2D eigenvalue weighted by molar-refractivity contribution is 9.10. The van der Waals surface area contributed by atoms with E-state index in [2.05, 4.69) is 31.9 Å². The summed E-state index contributed by atoms with van der Waals surface area (Å²) in [6.45, 7) is 7.73. The van der Waals surface area contributed by atoms with Crippen LogP contribution in [0, 0.1) is 20.8 Å². The van der Waals surface area contributed by atoms with Crippen molar-refractivity contribution in [2.24, 2.45) is 0 Å². The van der Waals surface area contributed by atoms with Crippen LogP contribution in [0.5, 0.6) is 0 Å². The van der Waals surface area contributed by atoms with Gasteiger partial charge in [-0.15, -0.1) is 0 Å². The third-order valence-corrected chi connectivity index (χ3v) is 5.32. The van der Waals surface area contributed by atoms with Gasteiger partial charge in [0.1, 0.15) is 0 Å². The number of aromatic nitrogens is 2. The van der Waals surface area contributed by atoms with Gasteiger partial charge in [-0.3, -0.25) is 19.8 Å². The first-order valence-electron chi connectivity index (χ1n) is 8.31. The third kappa shape index (κ3) is 4.63. The van der Waals surface area contributed by atoms with Crippen LogP contribution in [0.25, 0.3) is 0 Å². The molecular formula is C18H24BrN5O2. The molecule has 0 aliphatic carbocycles. The number of anilines is 1. The predicted molar refractivity (Wildman–Crippen MR) is 105 cm³/mol. The molecule has 140 valence electrons. The summed E-state index contributed by atoms with van der Waals surface area (Å²) in [5, 5.41) is 4.43. The van der Waals surface area contributed by atoms with Gasteiger partial charge in [0.05, 0.1) is 28.3 Å². The highest BCUT2D eigenvalue weighted by Gasteiger charge is 2.18. The van der Waals surface area contributed by atoms with E-state index in [0.717, 1.165) is 27.1 Å². The normalized spacial score (nSPS) is 11.8. The molecule has 3 amide bonds. The molecular weight excluding hydrogens is 398 g/mol. The molecule has 0 aliphatic heterocycles. The molecule has 8 heteroatoms. The molecule has 0 fully saturated rings. The second-order valence-corrected chi connectivity index (χ2v) is 7.15. The number of amides is 3. The predicted octanol–water partition coefficient (Wildman–Crippen LogP) is 3.40. The van der Waals surface area contributed by atoms with E-state index < -0.39 is 6.03 Å². The number of benzene rings is 1. The lowest BCUT2D eigenvalue weighted by Crippen LogP contribution is -2.48. The number of hydrogen-bond acceptors (Lipinski definition) is 3. The van der Waals surface area contributed by atoms with Gasteiger partial charge in [0.25, 0.3) is 0 Å². The summed E-state index contributed by atoms with van der Waals surface area (Å²) in [6, 6.07) is 6.99. The van der Waals surface area contributed by atoms with Crippen LogP contribution < -0.4 is 15.8 Å². The Morgan fingerprint density at radius 1 is 1.19 bits per heavy atom. The van der Waals surface area contributed by atoms with E-state index in [4.69, 9.17) is 0 Å². The van der Waals surface area contributed by atoms with Gasteiger partial charge in [-0.2, -0.15) is 5.10 Å². The molecule has 2 rings (SSSR count). The molecule has 0 saturated heterocycles. The van der Waals surface area contributed by atoms with Crippen LogP contribution in [0.4, 0.5) is 10.5 Å². The Bertz CT molecular complexity index is 801. The van der Waals surface area contributed by atoms with Gasteiger partial charge < -0.3 is 0 Å². The SMILES string of the molecule is Cc1ccc(N(C)C(=O)NNC(=O)CC(C)n2nc(C)c(Br)c2C)cc1. The standard InChI is InChI=1S/C18H24BrN5O2/c1-11-6-8-15(9-7-11)23(5)18(26)21-20-16(25)10-12(2)24-14(4)17(19)13(3)22-24/h6-9,12H,10H2,1-5H3,(H,20,25)(H,21,26). The molecule has 2 aromatic rings. The van der Waals surface area contributed by atoms with Crippen molar-refractivity contribution in [3.8, 4) is 0 Å². The molecule has 0 radical (unpaired) electrons. The molecule has 1 unspecified atom stereocenters. The fourth-order valence-corrected chi connectivity index (χ4v) is 2.83. The fraction of sp³-hybridized carbons (Fsp3) is 0.389. The average molecular weight is 422 g/mol. The monoisotopic (exact) mass is 421 g/mol. The minimum absolute atomic E-state index is 0.133. The zero-order chi connectivity index (χ0) is 19.4. The molecule has 2 N–H and O–H groups in total. The van der Waals surface area contributed by atoms with Crippen molar-refractivity contribution in [1.29, 1.82) is 0 Å². The van der Waals surface area contributed by atoms with E-state index in [1.165, 1.54) is 4.90 Å².